The lowest BCUT2D eigenvalue weighted by atomic mass is 10.0. The molecule has 1 aliphatic rings. The van der Waals surface area contributed by atoms with E-state index in [-0.39, 0.29) is 0 Å². The zero-order valence-corrected chi connectivity index (χ0v) is 9.63. The molecular weight excluding hydrogens is 190 g/mol. The summed E-state index contributed by atoms with van der Waals surface area (Å²) >= 11 is 0. The fourth-order valence-electron chi connectivity index (χ4n) is 2.20. The minimum atomic E-state index is 0.335. The predicted octanol–water partition coefficient (Wildman–Crippen LogP) is 1.83. The Labute approximate surface area is 91.9 Å². The van der Waals surface area contributed by atoms with Gasteiger partial charge < -0.3 is 16.3 Å². The molecule has 0 bridgehead atoms. The van der Waals surface area contributed by atoms with Crippen molar-refractivity contribution in [1.82, 2.24) is 5.32 Å². The van der Waals surface area contributed by atoms with E-state index in [0.717, 1.165) is 19.4 Å². The number of nitrogens with zero attached hydrogens (tertiary/aromatic N) is 1. The first kappa shape index (κ1) is 12.3. The molecular formula is C11H23N3O. The summed E-state index contributed by atoms with van der Waals surface area (Å²) in [6, 6.07) is 0. The van der Waals surface area contributed by atoms with Gasteiger partial charge in [-0.25, -0.2) is 0 Å². The van der Waals surface area contributed by atoms with Crippen molar-refractivity contribution in [3.8, 4) is 0 Å². The van der Waals surface area contributed by atoms with E-state index in [1.165, 1.54) is 25.7 Å². The van der Waals surface area contributed by atoms with Gasteiger partial charge in [0.1, 0.15) is 5.84 Å². The molecule has 4 heteroatoms. The Kier molecular flexibility index (Phi) is 4.88. The quantitative estimate of drug-likeness (QED) is 0.207. The molecule has 15 heavy (non-hydrogen) atoms. The van der Waals surface area contributed by atoms with Crippen molar-refractivity contribution in [3.63, 3.8) is 0 Å². The molecule has 0 atom stereocenters. The van der Waals surface area contributed by atoms with Crippen LogP contribution in [0.2, 0.25) is 0 Å². The molecule has 0 saturated heterocycles. The van der Waals surface area contributed by atoms with Crippen LogP contribution in [0, 0.1) is 0 Å². The second-order valence-corrected chi connectivity index (χ2v) is 4.74. The first-order valence-electron chi connectivity index (χ1n) is 5.88. The van der Waals surface area contributed by atoms with E-state index in [4.69, 9.17) is 10.9 Å². The Morgan fingerprint density at radius 1 is 1.40 bits per heavy atom. The molecule has 1 aliphatic carbocycles. The maximum Gasteiger partial charge on any atom is 0.139 e. The minimum absolute atomic E-state index is 0.335. The van der Waals surface area contributed by atoms with E-state index in [0.29, 0.717) is 17.8 Å². The van der Waals surface area contributed by atoms with Gasteiger partial charge in [0.25, 0.3) is 0 Å². The summed E-state index contributed by atoms with van der Waals surface area (Å²) in [4.78, 5) is 0. The molecule has 0 aromatic heterocycles. The summed E-state index contributed by atoms with van der Waals surface area (Å²) in [5.41, 5.74) is 5.75. The number of hydrogen-bond donors (Lipinski definition) is 3. The SMILES string of the molecule is CC1(NCCCCC(N)=NO)CCCC1. The highest BCUT2D eigenvalue weighted by atomic mass is 16.4. The molecule has 0 aliphatic heterocycles. The number of hydrogen-bond acceptors (Lipinski definition) is 3. The minimum Gasteiger partial charge on any atom is -0.409 e. The third kappa shape index (κ3) is 4.51. The van der Waals surface area contributed by atoms with Crippen LogP contribution in [-0.2, 0) is 0 Å². The van der Waals surface area contributed by atoms with Gasteiger partial charge in [0.05, 0.1) is 0 Å². The van der Waals surface area contributed by atoms with E-state index < -0.39 is 0 Å². The molecule has 0 unspecified atom stereocenters. The number of amidine groups is 1. The van der Waals surface area contributed by atoms with Gasteiger partial charge in [-0.15, -0.1) is 0 Å². The molecule has 0 aromatic rings. The molecule has 0 aromatic carbocycles. The van der Waals surface area contributed by atoms with Crippen molar-refractivity contribution in [2.24, 2.45) is 10.9 Å². The van der Waals surface area contributed by atoms with Gasteiger partial charge in [-0.05, 0) is 39.2 Å². The van der Waals surface area contributed by atoms with E-state index in [1.807, 2.05) is 0 Å². The summed E-state index contributed by atoms with van der Waals surface area (Å²) in [5, 5.41) is 14.9. The Bertz CT molecular complexity index is 210. The van der Waals surface area contributed by atoms with Crippen molar-refractivity contribution in [1.29, 1.82) is 0 Å². The lowest BCUT2D eigenvalue weighted by molar-refractivity contribution is 0.316. The highest BCUT2D eigenvalue weighted by Gasteiger charge is 2.27. The zero-order valence-electron chi connectivity index (χ0n) is 9.63. The van der Waals surface area contributed by atoms with E-state index in [1.54, 1.807) is 0 Å². The van der Waals surface area contributed by atoms with Crippen molar-refractivity contribution in [2.75, 3.05) is 6.54 Å². The first-order chi connectivity index (χ1) is 7.16. The lowest BCUT2D eigenvalue weighted by Crippen LogP contribution is -2.39. The first-order valence-corrected chi connectivity index (χ1v) is 5.88. The summed E-state index contributed by atoms with van der Waals surface area (Å²) in [5.74, 6) is 0.335. The lowest BCUT2D eigenvalue weighted by Gasteiger charge is -2.25. The van der Waals surface area contributed by atoms with Gasteiger partial charge in [-0.2, -0.15) is 0 Å². The second-order valence-electron chi connectivity index (χ2n) is 4.74. The van der Waals surface area contributed by atoms with Crippen LogP contribution in [0.1, 0.15) is 51.9 Å². The van der Waals surface area contributed by atoms with Crippen LogP contribution >= 0.6 is 0 Å². The fourth-order valence-corrected chi connectivity index (χ4v) is 2.20. The maximum atomic E-state index is 8.35. The molecule has 88 valence electrons. The average Bonchev–Trinajstić information content (AvgIpc) is 2.64. The Morgan fingerprint density at radius 3 is 2.67 bits per heavy atom. The van der Waals surface area contributed by atoms with Crippen molar-refractivity contribution < 1.29 is 5.21 Å². The smallest absolute Gasteiger partial charge is 0.139 e. The number of nitrogens with two attached hydrogens (primary N) is 1. The topological polar surface area (TPSA) is 70.6 Å². The van der Waals surface area contributed by atoms with Gasteiger partial charge in [-0.1, -0.05) is 18.0 Å². The molecule has 0 amide bonds. The molecule has 1 fully saturated rings. The van der Waals surface area contributed by atoms with E-state index in [2.05, 4.69) is 17.4 Å². The van der Waals surface area contributed by atoms with Crippen LogP contribution in [0.3, 0.4) is 0 Å². The van der Waals surface area contributed by atoms with Crippen molar-refractivity contribution in [2.45, 2.75) is 57.4 Å². The van der Waals surface area contributed by atoms with Crippen LogP contribution in [-0.4, -0.2) is 23.1 Å². The van der Waals surface area contributed by atoms with Crippen molar-refractivity contribution in [3.05, 3.63) is 0 Å². The second kappa shape index (κ2) is 5.95. The molecule has 4 nitrogen and oxygen atoms in total. The number of rotatable bonds is 6. The molecule has 1 rings (SSSR count). The van der Waals surface area contributed by atoms with Crippen LogP contribution < -0.4 is 11.1 Å². The molecule has 0 radical (unpaired) electrons. The summed E-state index contributed by atoms with van der Waals surface area (Å²) in [7, 11) is 0. The normalized spacial score (nSPS) is 20.7. The molecule has 0 heterocycles. The summed E-state index contributed by atoms with van der Waals surface area (Å²) in [6.07, 6.45) is 8.07. The highest BCUT2D eigenvalue weighted by molar-refractivity contribution is 5.79. The Morgan fingerprint density at radius 2 is 2.07 bits per heavy atom. The largest absolute Gasteiger partial charge is 0.409 e. The number of oxime groups is 1. The van der Waals surface area contributed by atoms with Crippen LogP contribution in [0.25, 0.3) is 0 Å². The van der Waals surface area contributed by atoms with Gasteiger partial charge in [0.2, 0.25) is 0 Å². The van der Waals surface area contributed by atoms with Crippen LogP contribution in [0.4, 0.5) is 0 Å². The average molecular weight is 213 g/mol. The standard InChI is InChI=1S/C11H23N3O/c1-11(7-3-4-8-11)13-9-5-2-6-10(12)14-15/h13,15H,2-9H2,1H3,(H2,12,14). The Balaban J connectivity index is 2.01. The summed E-state index contributed by atoms with van der Waals surface area (Å²) in [6.45, 7) is 3.35. The van der Waals surface area contributed by atoms with Crippen LogP contribution in [0.15, 0.2) is 5.16 Å². The predicted molar refractivity (Wildman–Crippen MR) is 62.1 cm³/mol. The molecule has 4 N–H and O–H groups in total. The number of unbranched alkanes of at least 4 members (excludes halogenated alkanes) is 1. The van der Waals surface area contributed by atoms with E-state index >= 15 is 0 Å². The van der Waals surface area contributed by atoms with Gasteiger partial charge >= 0.3 is 0 Å². The molecule has 1 saturated carbocycles. The highest BCUT2D eigenvalue weighted by Crippen LogP contribution is 2.28. The monoisotopic (exact) mass is 213 g/mol. The van der Waals surface area contributed by atoms with Gasteiger partial charge in [0.15, 0.2) is 0 Å². The molecule has 0 spiro atoms. The Hall–Kier alpha value is -0.770. The number of nitrogens with one attached hydrogen (secondary N) is 1. The third-order valence-electron chi connectivity index (χ3n) is 3.25. The maximum absolute atomic E-state index is 8.35. The summed E-state index contributed by atoms with van der Waals surface area (Å²) < 4.78 is 0. The fraction of sp³-hybridized carbons (Fsp3) is 0.909. The zero-order chi connectivity index (χ0) is 11.1. The van der Waals surface area contributed by atoms with Gasteiger partial charge in [0, 0.05) is 12.0 Å². The van der Waals surface area contributed by atoms with E-state index in [9.17, 15) is 0 Å². The third-order valence-corrected chi connectivity index (χ3v) is 3.25. The van der Waals surface area contributed by atoms with Crippen LogP contribution in [0.5, 0.6) is 0 Å². The van der Waals surface area contributed by atoms with Gasteiger partial charge in [-0.3, -0.25) is 0 Å². The van der Waals surface area contributed by atoms with Crippen molar-refractivity contribution >= 4 is 5.84 Å².